The predicted molar refractivity (Wildman–Crippen MR) is 69.3 cm³/mol. The molecule has 0 atom stereocenters. The fourth-order valence-corrected chi connectivity index (χ4v) is 2.94. The maximum Gasteiger partial charge on any atom is 0.360 e. The highest BCUT2D eigenvalue weighted by Crippen LogP contribution is 2.72. The van der Waals surface area contributed by atoms with E-state index in [0.29, 0.717) is 5.82 Å². The highest BCUT2D eigenvalue weighted by atomic mass is 16.5. The van der Waals surface area contributed by atoms with Crippen LogP contribution in [-0.4, -0.2) is 22.6 Å². The molecule has 1 saturated carbocycles. The molecule has 0 unspecified atom stereocenters. The van der Waals surface area contributed by atoms with E-state index in [0.717, 1.165) is 5.82 Å². The lowest BCUT2D eigenvalue weighted by Crippen LogP contribution is -2.10. The van der Waals surface area contributed by atoms with Crippen molar-refractivity contribution in [1.82, 2.24) is 9.55 Å². The van der Waals surface area contributed by atoms with Gasteiger partial charge in [-0.2, -0.15) is 0 Å². The Kier molecular flexibility index (Phi) is 2.51. The normalized spacial score (nSPS) is 20.8. The Morgan fingerprint density at radius 3 is 2.22 bits per heavy atom. The van der Waals surface area contributed by atoms with Crippen LogP contribution in [0, 0.1) is 17.8 Å². The summed E-state index contributed by atoms with van der Waals surface area (Å²) in [5.74, 6) is 0.685. The highest BCUT2D eigenvalue weighted by molar-refractivity contribution is 5.92. The number of aromatic nitrogens is 2. The second-order valence-corrected chi connectivity index (χ2v) is 6.10. The van der Waals surface area contributed by atoms with Crippen molar-refractivity contribution in [2.45, 2.75) is 40.7 Å². The number of nitrogens with two attached hydrogens (primary N) is 1. The van der Waals surface area contributed by atoms with Gasteiger partial charge in [-0.1, -0.05) is 27.7 Å². The van der Waals surface area contributed by atoms with Crippen LogP contribution in [0.15, 0.2) is 0 Å². The van der Waals surface area contributed by atoms with Crippen molar-refractivity contribution in [1.29, 1.82) is 0 Å². The summed E-state index contributed by atoms with van der Waals surface area (Å²) in [6, 6.07) is 0.260. The first-order valence-corrected chi connectivity index (χ1v) is 6.09. The van der Waals surface area contributed by atoms with Gasteiger partial charge in [0.1, 0.15) is 11.6 Å². The van der Waals surface area contributed by atoms with Gasteiger partial charge in [0.25, 0.3) is 0 Å². The van der Waals surface area contributed by atoms with E-state index >= 15 is 0 Å². The van der Waals surface area contributed by atoms with E-state index in [2.05, 4.69) is 32.7 Å². The first-order chi connectivity index (χ1) is 8.16. The number of anilines is 1. The number of rotatable bonds is 2. The third-order valence-corrected chi connectivity index (χ3v) is 4.71. The number of carbonyl (C=O) groups is 1. The number of nitrogen functional groups attached to an aromatic ring is 1. The van der Waals surface area contributed by atoms with Crippen LogP contribution in [0.2, 0.25) is 0 Å². The summed E-state index contributed by atoms with van der Waals surface area (Å²) in [4.78, 5) is 15.8. The zero-order valence-electron chi connectivity index (χ0n) is 11.9. The Balaban J connectivity index is 2.49. The van der Waals surface area contributed by atoms with Crippen LogP contribution >= 0.6 is 0 Å². The van der Waals surface area contributed by atoms with E-state index in [1.165, 1.54) is 7.11 Å². The minimum absolute atomic E-state index is 0.139. The molecule has 5 nitrogen and oxygen atoms in total. The molecule has 0 aliphatic heterocycles. The Labute approximate surface area is 107 Å². The highest BCUT2D eigenvalue weighted by Gasteiger charge is 2.66. The summed E-state index contributed by atoms with van der Waals surface area (Å²) in [7, 11) is 1.33. The van der Waals surface area contributed by atoms with E-state index in [9.17, 15) is 4.79 Å². The fourth-order valence-electron chi connectivity index (χ4n) is 2.94. The topological polar surface area (TPSA) is 70.1 Å². The number of aryl methyl sites for hydroxylation is 1. The van der Waals surface area contributed by atoms with Gasteiger partial charge in [-0.25, -0.2) is 9.78 Å². The van der Waals surface area contributed by atoms with Crippen molar-refractivity contribution >= 4 is 11.8 Å². The van der Waals surface area contributed by atoms with Gasteiger partial charge in [-0.3, -0.25) is 0 Å². The van der Waals surface area contributed by atoms with Gasteiger partial charge in [-0.15, -0.1) is 0 Å². The molecule has 1 heterocycles. The molecule has 0 spiro atoms. The number of ether oxygens (including phenoxy) is 1. The molecule has 0 saturated heterocycles. The van der Waals surface area contributed by atoms with Crippen LogP contribution in [0.25, 0.3) is 0 Å². The van der Waals surface area contributed by atoms with E-state index in [1.807, 2.05) is 11.5 Å². The number of hydrogen-bond donors (Lipinski definition) is 1. The molecule has 1 aliphatic carbocycles. The lowest BCUT2D eigenvalue weighted by atomic mass is 10.0. The van der Waals surface area contributed by atoms with Crippen molar-refractivity contribution in [2.24, 2.45) is 10.8 Å². The van der Waals surface area contributed by atoms with Crippen molar-refractivity contribution in [2.75, 3.05) is 12.8 Å². The first kappa shape index (κ1) is 12.9. The molecular formula is C13H21N3O2. The molecule has 0 aromatic carbocycles. The van der Waals surface area contributed by atoms with Crippen molar-refractivity contribution < 1.29 is 9.53 Å². The number of methoxy groups -OCH3 is 1. The molecule has 2 rings (SSSR count). The van der Waals surface area contributed by atoms with Gasteiger partial charge in [0, 0.05) is 6.04 Å². The summed E-state index contributed by atoms with van der Waals surface area (Å²) < 4.78 is 6.66. The van der Waals surface area contributed by atoms with Gasteiger partial charge in [0.2, 0.25) is 0 Å². The molecule has 0 amide bonds. The lowest BCUT2D eigenvalue weighted by molar-refractivity contribution is 0.0595. The third kappa shape index (κ3) is 1.39. The Hall–Kier alpha value is -1.52. The number of nitrogens with zero attached hydrogens (tertiary/aromatic N) is 2. The van der Waals surface area contributed by atoms with Crippen LogP contribution in [0.4, 0.5) is 5.82 Å². The second-order valence-electron chi connectivity index (χ2n) is 6.10. The smallest absolute Gasteiger partial charge is 0.360 e. The molecule has 18 heavy (non-hydrogen) atoms. The summed E-state index contributed by atoms with van der Waals surface area (Å²) >= 11 is 0. The molecular weight excluding hydrogens is 230 g/mol. The summed E-state index contributed by atoms with van der Waals surface area (Å²) in [5, 5.41) is 0. The second kappa shape index (κ2) is 3.49. The number of hydrogen-bond acceptors (Lipinski definition) is 4. The monoisotopic (exact) mass is 251 g/mol. The SMILES string of the molecule is COC(=O)c1nc(C)n(C2C(C)(C)C2(C)C)c1N. The average molecular weight is 251 g/mol. The number of imidazole rings is 1. The number of carbonyl (C=O) groups excluding carboxylic acids is 1. The van der Waals surface area contributed by atoms with Crippen LogP contribution in [0.1, 0.15) is 50.0 Å². The van der Waals surface area contributed by atoms with E-state index in [4.69, 9.17) is 10.5 Å². The Morgan fingerprint density at radius 2 is 1.83 bits per heavy atom. The molecule has 1 aromatic rings. The fraction of sp³-hybridized carbons (Fsp3) is 0.692. The molecule has 100 valence electrons. The van der Waals surface area contributed by atoms with Crippen LogP contribution in [0.3, 0.4) is 0 Å². The van der Waals surface area contributed by atoms with Gasteiger partial charge in [-0.05, 0) is 17.8 Å². The molecule has 1 fully saturated rings. The van der Waals surface area contributed by atoms with Gasteiger partial charge in [0.15, 0.2) is 5.69 Å². The van der Waals surface area contributed by atoms with Crippen LogP contribution in [-0.2, 0) is 4.74 Å². The summed E-state index contributed by atoms with van der Waals surface area (Å²) in [6.07, 6.45) is 0. The molecule has 2 N–H and O–H groups in total. The Bertz CT molecular complexity index is 501. The van der Waals surface area contributed by atoms with Crippen molar-refractivity contribution in [3.63, 3.8) is 0 Å². The Morgan fingerprint density at radius 1 is 1.33 bits per heavy atom. The minimum atomic E-state index is -0.481. The van der Waals surface area contributed by atoms with Gasteiger partial charge >= 0.3 is 5.97 Å². The first-order valence-electron chi connectivity index (χ1n) is 6.09. The molecule has 0 radical (unpaired) electrons. The summed E-state index contributed by atoms with van der Waals surface area (Å²) in [5.41, 5.74) is 6.56. The largest absolute Gasteiger partial charge is 0.464 e. The van der Waals surface area contributed by atoms with Crippen molar-refractivity contribution in [3.05, 3.63) is 11.5 Å². The third-order valence-electron chi connectivity index (χ3n) is 4.71. The zero-order valence-corrected chi connectivity index (χ0v) is 11.9. The maximum absolute atomic E-state index is 11.6. The summed E-state index contributed by atoms with van der Waals surface area (Å²) in [6.45, 7) is 10.7. The molecule has 1 aromatic heterocycles. The number of esters is 1. The molecule has 5 heteroatoms. The van der Waals surface area contributed by atoms with Gasteiger partial charge < -0.3 is 15.0 Å². The van der Waals surface area contributed by atoms with E-state index < -0.39 is 5.97 Å². The quantitative estimate of drug-likeness (QED) is 0.818. The van der Waals surface area contributed by atoms with Crippen LogP contribution < -0.4 is 5.73 Å². The molecule has 0 bridgehead atoms. The van der Waals surface area contributed by atoms with E-state index in [1.54, 1.807) is 0 Å². The minimum Gasteiger partial charge on any atom is -0.464 e. The van der Waals surface area contributed by atoms with Crippen molar-refractivity contribution in [3.8, 4) is 0 Å². The standard InChI is InChI=1S/C13H21N3O2/c1-7-15-8(10(17)18-6)9(14)16(7)11-12(2,3)13(11,4)5/h11H,14H2,1-6H3. The predicted octanol–water partition coefficient (Wildman–Crippen LogP) is 2.17. The molecule has 1 aliphatic rings. The van der Waals surface area contributed by atoms with Crippen LogP contribution in [0.5, 0.6) is 0 Å². The van der Waals surface area contributed by atoms with Gasteiger partial charge in [0.05, 0.1) is 7.11 Å². The average Bonchev–Trinajstić information content (AvgIpc) is 2.54. The zero-order chi connectivity index (χ0) is 13.9. The maximum atomic E-state index is 11.6. The lowest BCUT2D eigenvalue weighted by Gasteiger charge is -2.09. The van der Waals surface area contributed by atoms with E-state index in [-0.39, 0.29) is 22.6 Å².